The molecule has 1 saturated heterocycles. The van der Waals surface area contributed by atoms with Crippen molar-refractivity contribution in [1.29, 1.82) is 0 Å². The zero-order valence-electron chi connectivity index (χ0n) is 19.4. The lowest BCUT2D eigenvalue weighted by Crippen LogP contribution is -2.39. The molecule has 5 rings (SSSR count). The number of anilines is 1. The predicted molar refractivity (Wildman–Crippen MR) is 133 cm³/mol. The van der Waals surface area contributed by atoms with Gasteiger partial charge in [-0.05, 0) is 35.2 Å². The van der Waals surface area contributed by atoms with Gasteiger partial charge in [-0.2, -0.15) is 4.98 Å². The summed E-state index contributed by atoms with van der Waals surface area (Å²) < 4.78 is 27.5. The number of amides is 1. The number of hydrogen-bond donors (Lipinski definition) is 4. The third kappa shape index (κ3) is 5.34. The number of benzene rings is 2. The number of hydrogen-bond acceptors (Lipinski definition) is 9. The van der Waals surface area contributed by atoms with Crippen LogP contribution in [-0.2, 0) is 17.0 Å². The maximum atomic E-state index is 13.4. The van der Waals surface area contributed by atoms with Gasteiger partial charge in [-0.3, -0.25) is 23.5 Å². The number of likely N-dealkylation sites (tertiary alicyclic amines) is 1. The summed E-state index contributed by atoms with van der Waals surface area (Å²) >= 11 is 0. The Bertz CT molecular complexity index is 1200. The highest BCUT2D eigenvalue weighted by Crippen LogP contribution is 2.50. The fraction of sp³-hybridized carbons (Fsp3) is 0.375. The summed E-state index contributed by atoms with van der Waals surface area (Å²) in [5.41, 5.74) is 4.02. The summed E-state index contributed by atoms with van der Waals surface area (Å²) in [5.74, 6) is 0.591. The van der Waals surface area contributed by atoms with Crippen LogP contribution in [0.2, 0.25) is 0 Å². The van der Waals surface area contributed by atoms with E-state index in [0.717, 1.165) is 28.8 Å². The molecule has 35 heavy (non-hydrogen) atoms. The largest absolute Gasteiger partial charge is 0.392 e. The van der Waals surface area contributed by atoms with Gasteiger partial charge in [0.2, 0.25) is 18.1 Å². The molecule has 10 nitrogen and oxygen atoms in total. The molecular weight excluding hydrogens is 470 g/mol. The zero-order valence-corrected chi connectivity index (χ0v) is 20.2. The van der Waals surface area contributed by atoms with E-state index in [1.165, 1.54) is 6.39 Å². The molecule has 1 unspecified atom stereocenters. The summed E-state index contributed by atoms with van der Waals surface area (Å²) in [6, 6.07) is 13.0. The lowest BCUT2D eigenvalue weighted by molar-refractivity contribution is -0.131. The van der Waals surface area contributed by atoms with Crippen LogP contribution in [0.1, 0.15) is 29.2 Å². The predicted octanol–water partition coefficient (Wildman–Crippen LogP) is 3.14. The molecule has 1 amide bonds. The number of aromatic nitrogens is 2. The van der Waals surface area contributed by atoms with Gasteiger partial charge in [-0.15, -0.1) is 10.8 Å². The minimum atomic E-state index is -2.85. The normalized spacial score (nSPS) is 20.7. The minimum Gasteiger partial charge on any atom is -0.392 e. The van der Waals surface area contributed by atoms with Crippen LogP contribution < -0.4 is 4.72 Å². The molecule has 0 saturated carbocycles. The SMILES string of the molecule is CN(C(=O)Cc1ccc2c(c1)NS(O)(O)C2)[C@H](CN1CCC(O)C1)c1cccc(-c2ncon2)c1. The first kappa shape index (κ1) is 23.8. The number of nitrogens with zero attached hydrogens (tertiary/aromatic N) is 4. The lowest BCUT2D eigenvalue weighted by Gasteiger charge is -2.32. The Morgan fingerprint density at radius 3 is 2.91 bits per heavy atom. The lowest BCUT2D eigenvalue weighted by atomic mass is 10.0. The van der Waals surface area contributed by atoms with Gasteiger partial charge in [0.25, 0.3) is 0 Å². The zero-order chi connectivity index (χ0) is 24.6. The molecule has 2 aliphatic rings. The highest BCUT2D eigenvalue weighted by atomic mass is 32.3. The second kappa shape index (κ2) is 9.59. The van der Waals surface area contributed by atoms with Crippen LogP contribution in [0.25, 0.3) is 11.4 Å². The summed E-state index contributed by atoms with van der Waals surface area (Å²) in [7, 11) is -1.05. The Kier molecular flexibility index (Phi) is 6.51. The van der Waals surface area contributed by atoms with E-state index >= 15 is 0 Å². The Morgan fingerprint density at radius 1 is 1.31 bits per heavy atom. The molecule has 2 atom stereocenters. The van der Waals surface area contributed by atoms with Gasteiger partial charge in [-0.1, -0.05) is 35.5 Å². The number of nitrogens with one attached hydrogen (secondary N) is 1. The van der Waals surface area contributed by atoms with Crippen LogP contribution in [0, 0.1) is 0 Å². The van der Waals surface area contributed by atoms with Gasteiger partial charge in [0.05, 0.1) is 30.0 Å². The Hall–Kier alpha value is -2.96. The van der Waals surface area contributed by atoms with E-state index in [2.05, 4.69) is 19.8 Å². The number of β-amino-alcohol motifs (C(OH)–C–C–N with tert-alkyl or cyclic N) is 1. The molecule has 186 valence electrons. The number of fused-ring (bicyclic) bond motifs is 1. The smallest absolute Gasteiger partial charge is 0.227 e. The first-order valence-corrected chi connectivity index (χ1v) is 13.2. The third-order valence-corrected chi connectivity index (χ3v) is 7.85. The molecular formula is C24H29N5O5S. The molecule has 2 aromatic carbocycles. The number of likely N-dealkylation sites (N-methyl/N-ethyl adjacent to an activating group) is 1. The van der Waals surface area contributed by atoms with Gasteiger partial charge in [-0.25, -0.2) is 0 Å². The van der Waals surface area contributed by atoms with E-state index in [9.17, 15) is 19.0 Å². The van der Waals surface area contributed by atoms with Crippen LogP contribution in [0.15, 0.2) is 53.4 Å². The standard InChI is InChI=1S/C24H29N5O5S/c1-28(23(31)10-16-5-6-19-14-35(32,33)27-21(19)9-16)22(13-29-8-7-20(30)12-29)17-3-2-4-18(11-17)24-25-15-34-26-24/h2-6,9,11,15,20,22,27,30,32-33H,7-8,10,12-14H2,1H3/t20?,22-/m1/s1. The Balaban J connectivity index is 1.37. The molecule has 11 heteroatoms. The molecule has 0 spiro atoms. The van der Waals surface area contributed by atoms with Crippen molar-refractivity contribution in [3.63, 3.8) is 0 Å². The van der Waals surface area contributed by atoms with E-state index in [-0.39, 0.29) is 30.2 Å². The van der Waals surface area contributed by atoms with Crippen molar-refractivity contribution in [2.45, 2.75) is 30.7 Å². The van der Waals surface area contributed by atoms with Gasteiger partial charge < -0.3 is 14.5 Å². The van der Waals surface area contributed by atoms with Crippen molar-refractivity contribution in [3.8, 4) is 11.4 Å². The molecule has 2 aliphatic heterocycles. The van der Waals surface area contributed by atoms with Crippen LogP contribution in [0.4, 0.5) is 5.69 Å². The highest BCUT2D eigenvalue weighted by molar-refractivity contribution is 8.25. The maximum absolute atomic E-state index is 13.4. The molecule has 4 N–H and O–H groups in total. The number of carbonyl (C=O) groups is 1. The molecule has 0 aliphatic carbocycles. The Labute approximate surface area is 205 Å². The summed E-state index contributed by atoms with van der Waals surface area (Å²) in [4.78, 5) is 21.5. The van der Waals surface area contributed by atoms with E-state index in [4.69, 9.17) is 4.52 Å². The second-order valence-corrected chi connectivity index (χ2v) is 11.0. The average molecular weight is 500 g/mol. The van der Waals surface area contributed by atoms with Crippen molar-refractivity contribution in [2.75, 3.05) is 31.4 Å². The number of carbonyl (C=O) groups excluding carboxylic acids is 1. The van der Waals surface area contributed by atoms with Crippen LogP contribution in [0.5, 0.6) is 0 Å². The van der Waals surface area contributed by atoms with E-state index in [1.54, 1.807) is 11.9 Å². The second-order valence-electron chi connectivity index (χ2n) is 9.18. The van der Waals surface area contributed by atoms with Crippen molar-refractivity contribution in [3.05, 3.63) is 65.5 Å². The maximum Gasteiger partial charge on any atom is 0.227 e. The van der Waals surface area contributed by atoms with Crippen LogP contribution in [0.3, 0.4) is 0 Å². The van der Waals surface area contributed by atoms with Crippen molar-refractivity contribution >= 4 is 22.4 Å². The van der Waals surface area contributed by atoms with E-state index in [1.807, 2.05) is 42.5 Å². The molecule has 0 bridgehead atoms. The fourth-order valence-electron chi connectivity index (χ4n) is 4.71. The van der Waals surface area contributed by atoms with Crippen molar-refractivity contribution in [2.24, 2.45) is 0 Å². The van der Waals surface area contributed by atoms with Crippen molar-refractivity contribution in [1.82, 2.24) is 19.9 Å². The minimum absolute atomic E-state index is 0.0655. The summed E-state index contributed by atoms with van der Waals surface area (Å²) in [6.07, 6.45) is 1.82. The first-order valence-electron chi connectivity index (χ1n) is 11.5. The Morgan fingerprint density at radius 2 is 2.17 bits per heavy atom. The van der Waals surface area contributed by atoms with Crippen LogP contribution >= 0.6 is 10.8 Å². The number of aliphatic hydroxyl groups is 1. The van der Waals surface area contributed by atoms with E-state index in [0.29, 0.717) is 31.0 Å². The quantitative estimate of drug-likeness (QED) is 0.387. The van der Waals surface area contributed by atoms with Gasteiger partial charge in [0, 0.05) is 32.2 Å². The van der Waals surface area contributed by atoms with Gasteiger partial charge in [0.1, 0.15) is 0 Å². The highest BCUT2D eigenvalue weighted by Gasteiger charge is 2.29. The molecule has 1 fully saturated rings. The molecule has 3 aromatic rings. The monoisotopic (exact) mass is 499 g/mol. The number of aliphatic hydroxyl groups excluding tert-OH is 1. The molecule has 0 radical (unpaired) electrons. The number of rotatable bonds is 7. The topological polar surface area (TPSA) is 135 Å². The average Bonchev–Trinajstić information content (AvgIpc) is 3.56. The summed E-state index contributed by atoms with van der Waals surface area (Å²) in [5, 5.41) is 13.9. The van der Waals surface area contributed by atoms with E-state index < -0.39 is 10.8 Å². The van der Waals surface area contributed by atoms with Crippen molar-refractivity contribution < 1.29 is 23.5 Å². The molecule has 1 aromatic heterocycles. The third-order valence-electron chi connectivity index (χ3n) is 6.59. The fourth-order valence-corrected chi connectivity index (χ4v) is 6.01. The van der Waals surface area contributed by atoms with Gasteiger partial charge >= 0.3 is 0 Å². The molecule has 3 heterocycles. The van der Waals surface area contributed by atoms with Gasteiger partial charge in [0.15, 0.2) is 0 Å². The van der Waals surface area contributed by atoms with Crippen LogP contribution in [-0.4, -0.2) is 72.8 Å². The summed E-state index contributed by atoms with van der Waals surface area (Å²) in [6.45, 7) is 1.93. The first-order chi connectivity index (χ1) is 16.8.